The first kappa shape index (κ1) is 11.6. The van der Waals surface area contributed by atoms with E-state index in [2.05, 4.69) is 5.10 Å². The number of rotatable bonds is 5. The summed E-state index contributed by atoms with van der Waals surface area (Å²) in [4.78, 5) is 11.4. The smallest absolute Gasteiger partial charge is 0.356 e. The lowest BCUT2D eigenvalue weighted by atomic mass is 10.3. The molecule has 0 saturated carbocycles. The van der Waals surface area contributed by atoms with Crippen molar-refractivity contribution in [2.24, 2.45) is 0 Å². The Hall–Kier alpha value is -1.52. The van der Waals surface area contributed by atoms with Crippen LogP contribution >= 0.6 is 0 Å². The van der Waals surface area contributed by atoms with Gasteiger partial charge in [0, 0.05) is 12.6 Å². The number of carbonyl (C=O) groups excluding carboxylic acids is 1. The van der Waals surface area contributed by atoms with Crippen LogP contribution in [0.4, 0.5) is 0 Å². The van der Waals surface area contributed by atoms with E-state index in [9.17, 15) is 9.90 Å². The first-order chi connectivity index (χ1) is 7.19. The molecule has 0 aliphatic carbocycles. The highest BCUT2D eigenvalue weighted by atomic mass is 16.5. The molecule has 1 N–H and O–H groups in total. The van der Waals surface area contributed by atoms with Crippen LogP contribution in [-0.2, 0) is 11.3 Å². The van der Waals surface area contributed by atoms with Gasteiger partial charge in [-0.15, -0.1) is 5.10 Å². The Balaban J connectivity index is 2.80. The molecule has 0 saturated heterocycles. The van der Waals surface area contributed by atoms with Crippen LogP contribution in [0.25, 0.3) is 0 Å². The lowest BCUT2D eigenvalue weighted by Crippen LogP contribution is -2.13. The fourth-order valence-corrected chi connectivity index (χ4v) is 1.25. The molecule has 0 bridgehead atoms. The summed E-state index contributed by atoms with van der Waals surface area (Å²) in [5.74, 6) is -0.587. The van der Waals surface area contributed by atoms with Crippen molar-refractivity contribution in [3.63, 3.8) is 0 Å². The third-order valence-corrected chi connectivity index (χ3v) is 1.98. The number of hydrogen-bond donors (Lipinski definition) is 1. The van der Waals surface area contributed by atoms with Gasteiger partial charge in [0.1, 0.15) is 5.69 Å². The van der Waals surface area contributed by atoms with Gasteiger partial charge in [-0.3, -0.25) is 4.68 Å². The average Bonchev–Trinajstić information content (AvgIpc) is 2.57. The summed E-state index contributed by atoms with van der Waals surface area (Å²) in [6, 6.07) is 1.33. The molecule has 15 heavy (non-hydrogen) atoms. The van der Waals surface area contributed by atoms with Crippen molar-refractivity contribution in [2.45, 2.75) is 33.2 Å². The summed E-state index contributed by atoms with van der Waals surface area (Å²) in [6.07, 6.45) is 1.91. The normalized spacial score (nSPS) is 10.3. The van der Waals surface area contributed by atoms with E-state index in [1.165, 1.54) is 10.7 Å². The Morgan fingerprint density at radius 3 is 2.93 bits per heavy atom. The van der Waals surface area contributed by atoms with Crippen molar-refractivity contribution in [2.75, 3.05) is 6.61 Å². The van der Waals surface area contributed by atoms with Gasteiger partial charge in [0.05, 0.1) is 6.61 Å². The summed E-state index contributed by atoms with van der Waals surface area (Å²) in [5.41, 5.74) is 0.308. The molecule has 0 aliphatic heterocycles. The minimum Gasteiger partial charge on any atom is -0.492 e. The van der Waals surface area contributed by atoms with Gasteiger partial charge in [-0.05, 0) is 13.3 Å². The zero-order valence-electron chi connectivity index (χ0n) is 9.06. The number of nitrogens with zero attached hydrogens (tertiary/aromatic N) is 2. The molecule has 1 aromatic heterocycles. The van der Waals surface area contributed by atoms with E-state index >= 15 is 0 Å². The van der Waals surface area contributed by atoms with Gasteiger partial charge < -0.3 is 9.84 Å². The number of hydrogen-bond acceptors (Lipinski definition) is 4. The van der Waals surface area contributed by atoms with Gasteiger partial charge in [0.2, 0.25) is 5.88 Å². The maximum Gasteiger partial charge on any atom is 0.356 e. The molecule has 1 rings (SSSR count). The Kier molecular flexibility index (Phi) is 4.15. The molecule has 0 spiro atoms. The summed E-state index contributed by atoms with van der Waals surface area (Å²) < 4.78 is 6.33. The molecule has 5 nitrogen and oxygen atoms in total. The summed E-state index contributed by atoms with van der Waals surface area (Å²) in [5, 5.41) is 13.0. The third-order valence-electron chi connectivity index (χ3n) is 1.98. The zero-order valence-corrected chi connectivity index (χ0v) is 9.06. The third kappa shape index (κ3) is 2.97. The fourth-order valence-electron chi connectivity index (χ4n) is 1.25. The van der Waals surface area contributed by atoms with Crippen LogP contribution in [0.2, 0.25) is 0 Å². The largest absolute Gasteiger partial charge is 0.492 e. The topological polar surface area (TPSA) is 64.3 Å². The van der Waals surface area contributed by atoms with Crippen LogP contribution in [0, 0.1) is 0 Å². The van der Waals surface area contributed by atoms with Crippen LogP contribution in [0.3, 0.4) is 0 Å². The SMILES string of the molecule is CCCCn1nc(O)cc1C(=O)OCC. The van der Waals surface area contributed by atoms with Crippen molar-refractivity contribution in [3.8, 4) is 5.88 Å². The van der Waals surface area contributed by atoms with Crippen LogP contribution in [0.5, 0.6) is 5.88 Å². The van der Waals surface area contributed by atoms with Crippen LogP contribution in [0.15, 0.2) is 6.07 Å². The monoisotopic (exact) mass is 212 g/mol. The van der Waals surface area contributed by atoms with Crippen molar-refractivity contribution in [1.29, 1.82) is 0 Å². The molecular formula is C10H16N2O3. The fraction of sp³-hybridized carbons (Fsp3) is 0.600. The maximum atomic E-state index is 11.4. The van der Waals surface area contributed by atoms with E-state index in [4.69, 9.17) is 4.74 Å². The second kappa shape index (κ2) is 5.38. The predicted molar refractivity (Wildman–Crippen MR) is 54.8 cm³/mol. The summed E-state index contributed by atoms with van der Waals surface area (Å²) >= 11 is 0. The van der Waals surface area contributed by atoms with Crippen molar-refractivity contribution in [3.05, 3.63) is 11.8 Å². The number of aromatic nitrogens is 2. The van der Waals surface area contributed by atoms with Gasteiger partial charge in [-0.2, -0.15) is 0 Å². The molecule has 1 heterocycles. The van der Waals surface area contributed by atoms with E-state index in [-0.39, 0.29) is 5.88 Å². The minimum absolute atomic E-state index is 0.144. The van der Waals surface area contributed by atoms with E-state index in [0.29, 0.717) is 18.8 Å². The second-order valence-corrected chi connectivity index (χ2v) is 3.18. The molecule has 0 radical (unpaired) electrons. The van der Waals surface area contributed by atoms with Crippen LogP contribution < -0.4 is 0 Å². The minimum atomic E-state index is -0.443. The Morgan fingerprint density at radius 1 is 1.60 bits per heavy atom. The van der Waals surface area contributed by atoms with Crippen LogP contribution in [-0.4, -0.2) is 27.5 Å². The Labute approximate surface area is 88.7 Å². The van der Waals surface area contributed by atoms with Gasteiger partial charge in [0.15, 0.2) is 0 Å². The molecule has 0 aliphatic rings. The highest BCUT2D eigenvalue weighted by Gasteiger charge is 2.15. The molecule has 0 atom stereocenters. The first-order valence-corrected chi connectivity index (χ1v) is 5.13. The number of aryl methyl sites for hydroxylation is 1. The molecule has 0 fully saturated rings. The molecule has 0 aromatic carbocycles. The number of ether oxygens (including phenoxy) is 1. The number of esters is 1. The summed E-state index contributed by atoms with van der Waals surface area (Å²) in [6.45, 7) is 4.72. The second-order valence-electron chi connectivity index (χ2n) is 3.18. The van der Waals surface area contributed by atoms with Crippen molar-refractivity contribution < 1.29 is 14.6 Å². The molecule has 84 valence electrons. The predicted octanol–water partition coefficient (Wildman–Crippen LogP) is 1.57. The Bertz CT molecular complexity index is 333. The lowest BCUT2D eigenvalue weighted by molar-refractivity contribution is 0.0511. The van der Waals surface area contributed by atoms with Crippen LogP contribution in [0.1, 0.15) is 37.2 Å². The van der Waals surface area contributed by atoms with Gasteiger partial charge in [-0.1, -0.05) is 13.3 Å². The van der Waals surface area contributed by atoms with Gasteiger partial charge in [0.25, 0.3) is 0 Å². The van der Waals surface area contributed by atoms with Crippen molar-refractivity contribution >= 4 is 5.97 Å². The summed E-state index contributed by atoms with van der Waals surface area (Å²) in [7, 11) is 0. The van der Waals surface area contributed by atoms with Gasteiger partial charge in [-0.25, -0.2) is 4.79 Å². The number of carbonyl (C=O) groups is 1. The Morgan fingerprint density at radius 2 is 2.33 bits per heavy atom. The molecule has 0 unspecified atom stereocenters. The number of aromatic hydroxyl groups is 1. The highest BCUT2D eigenvalue weighted by Crippen LogP contribution is 2.12. The molecule has 0 amide bonds. The zero-order chi connectivity index (χ0) is 11.3. The first-order valence-electron chi connectivity index (χ1n) is 5.13. The standard InChI is InChI=1S/C10H16N2O3/c1-3-5-6-12-8(7-9(13)11-12)10(14)15-4-2/h7H,3-6H2,1-2H3,(H,11,13). The van der Waals surface area contributed by atoms with Crippen molar-refractivity contribution in [1.82, 2.24) is 9.78 Å². The lowest BCUT2D eigenvalue weighted by Gasteiger charge is -2.04. The highest BCUT2D eigenvalue weighted by molar-refractivity contribution is 5.87. The van der Waals surface area contributed by atoms with E-state index in [1.54, 1.807) is 6.92 Å². The average molecular weight is 212 g/mol. The van der Waals surface area contributed by atoms with E-state index < -0.39 is 5.97 Å². The quantitative estimate of drug-likeness (QED) is 0.752. The van der Waals surface area contributed by atoms with E-state index in [1.807, 2.05) is 6.92 Å². The van der Waals surface area contributed by atoms with Gasteiger partial charge >= 0.3 is 5.97 Å². The molecule has 1 aromatic rings. The maximum absolute atomic E-state index is 11.4. The van der Waals surface area contributed by atoms with E-state index in [0.717, 1.165) is 12.8 Å². The number of unbranched alkanes of at least 4 members (excludes halogenated alkanes) is 1. The molecule has 5 heteroatoms. The molecular weight excluding hydrogens is 196 g/mol.